The molecule has 154 valence electrons. The van der Waals surface area contributed by atoms with E-state index in [1.54, 1.807) is 42.5 Å². The molecule has 4 rings (SSSR count). The van der Waals surface area contributed by atoms with E-state index in [2.05, 4.69) is 0 Å². The van der Waals surface area contributed by atoms with Crippen LogP contribution in [0.1, 0.15) is 27.0 Å². The second-order valence-electron chi connectivity index (χ2n) is 6.95. The number of carbonyl (C=O) groups excluding carboxylic acids is 1. The second kappa shape index (κ2) is 7.95. The second-order valence-corrected chi connectivity index (χ2v) is 9.62. The van der Waals surface area contributed by atoms with Crippen LogP contribution in [0.4, 0.5) is 5.69 Å². The molecule has 8 heteroatoms. The molecule has 5 nitrogen and oxygen atoms in total. The SMILES string of the molecule is Cc1cccc(S(=O)(=O)N(Cc2c(Cl)cccc2Cl)c2ccc3c(c2)C(=O)OC3)c1. The Labute approximate surface area is 184 Å². The number of cyclic esters (lactones) is 1. The molecule has 0 aromatic heterocycles. The van der Waals surface area contributed by atoms with Crippen LogP contribution in [-0.2, 0) is 27.9 Å². The summed E-state index contributed by atoms with van der Waals surface area (Å²) >= 11 is 12.6. The van der Waals surface area contributed by atoms with Crippen LogP contribution in [-0.4, -0.2) is 14.4 Å². The fourth-order valence-electron chi connectivity index (χ4n) is 3.30. The van der Waals surface area contributed by atoms with Gasteiger partial charge in [0.2, 0.25) is 0 Å². The summed E-state index contributed by atoms with van der Waals surface area (Å²) in [7, 11) is -3.98. The molecule has 3 aromatic rings. The monoisotopic (exact) mass is 461 g/mol. The zero-order chi connectivity index (χ0) is 21.5. The summed E-state index contributed by atoms with van der Waals surface area (Å²) in [6.07, 6.45) is 0. The topological polar surface area (TPSA) is 63.7 Å². The van der Waals surface area contributed by atoms with E-state index < -0.39 is 16.0 Å². The summed E-state index contributed by atoms with van der Waals surface area (Å²) in [5, 5.41) is 0.708. The standard InChI is InChI=1S/C22H17Cl2NO4S/c1-14-4-2-5-17(10-14)30(27,28)25(12-19-20(23)6-3-7-21(19)24)16-9-8-15-13-29-22(26)18(15)11-16/h2-11H,12-13H2,1H3. The molecule has 0 unspecified atom stereocenters. The van der Waals surface area contributed by atoms with E-state index in [1.165, 1.54) is 16.4 Å². The van der Waals surface area contributed by atoms with E-state index >= 15 is 0 Å². The molecular weight excluding hydrogens is 445 g/mol. The lowest BCUT2D eigenvalue weighted by atomic mass is 10.1. The van der Waals surface area contributed by atoms with E-state index in [4.69, 9.17) is 27.9 Å². The van der Waals surface area contributed by atoms with Gasteiger partial charge in [0.05, 0.1) is 22.7 Å². The maximum Gasteiger partial charge on any atom is 0.338 e. The molecule has 0 amide bonds. The third-order valence-electron chi connectivity index (χ3n) is 4.90. The molecule has 0 saturated carbocycles. The van der Waals surface area contributed by atoms with Crippen molar-refractivity contribution >= 4 is 44.9 Å². The van der Waals surface area contributed by atoms with Crippen molar-refractivity contribution in [2.75, 3.05) is 4.31 Å². The average molecular weight is 462 g/mol. The van der Waals surface area contributed by atoms with Crippen LogP contribution >= 0.6 is 23.2 Å². The molecule has 1 aliphatic rings. The van der Waals surface area contributed by atoms with Gasteiger partial charge in [0.25, 0.3) is 10.0 Å². The van der Waals surface area contributed by atoms with Gasteiger partial charge in [-0.25, -0.2) is 13.2 Å². The Morgan fingerprint density at radius 3 is 2.40 bits per heavy atom. The van der Waals surface area contributed by atoms with Crippen LogP contribution in [0.25, 0.3) is 0 Å². The number of sulfonamides is 1. The molecule has 0 radical (unpaired) electrons. The number of nitrogens with zero attached hydrogens (tertiary/aromatic N) is 1. The van der Waals surface area contributed by atoms with Gasteiger partial charge < -0.3 is 4.74 Å². The Morgan fingerprint density at radius 2 is 1.70 bits per heavy atom. The van der Waals surface area contributed by atoms with Crippen LogP contribution in [0.3, 0.4) is 0 Å². The Hall–Kier alpha value is -2.54. The van der Waals surface area contributed by atoms with Crippen molar-refractivity contribution in [3.63, 3.8) is 0 Å². The van der Waals surface area contributed by atoms with Crippen molar-refractivity contribution in [3.8, 4) is 0 Å². The van der Waals surface area contributed by atoms with Gasteiger partial charge in [0.1, 0.15) is 6.61 Å². The lowest BCUT2D eigenvalue weighted by Crippen LogP contribution is -2.31. The third kappa shape index (κ3) is 3.78. The van der Waals surface area contributed by atoms with Crippen LogP contribution in [0, 0.1) is 6.92 Å². The van der Waals surface area contributed by atoms with Gasteiger partial charge >= 0.3 is 5.97 Å². The Balaban J connectivity index is 1.87. The quantitative estimate of drug-likeness (QED) is 0.479. The molecule has 30 heavy (non-hydrogen) atoms. The number of halogens is 2. The Kier molecular flexibility index (Phi) is 5.49. The number of hydrogen-bond acceptors (Lipinski definition) is 4. The Bertz CT molecular complexity index is 1240. The van der Waals surface area contributed by atoms with Crippen LogP contribution in [0.2, 0.25) is 10.0 Å². The maximum atomic E-state index is 13.6. The maximum absolute atomic E-state index is 13.6. The minimum atomic E-state index is -3.98. The number of hydrogen-bond donors (Lipinski definition) is 0. The van der Waals surface area contributed by atoms with E-state index in [0.717, 1.165) is 5.56 Å². The van der Waals surface area contributed by atoms with Gasteiger partial charge in [-0.05, 0) is 48.9 Å². The highest BCUT2D eigenvalue weighted by Crippen LogP contribution is 2.34. The van der Waals surface area contributed by atoms with E-state index in [9.17, 15) is 13.2 Å². The predicted molar refractivity (Wildman–Crippen MR) is 117 cm³/mol. The summed E-state index contributed by atoms with van der Waals surface area (Å²) in [6.45, 7) is 1.90. The van der Waals surface area contributed by atoms with Crippen molar-refractivity contribution in [2.24, 2.45) is 0 Å². The van der Waals surface area contributed by atoms with Gasteiger partial charge in [-0.3, -0.25) is 4.31 Å². The summed E-state index contributed by atoms with van der Waals surface area (Å²) in [5.41, 5.74) is 2.67. The smallest absolute Gasteiger partial charge is 0.338 e. The van der Waals surface area contributed by atoms with Gasteiger partial charge in [-0.2, -0.15) is 0 Å². The highest BCUT2D eigenvalue weighted by molar-refractivity contribution is 7.92. The van der Waals surface area contributed by atoms with E-state index in [1.807, 2.05) is 13.0 Å². The lowest BCUT2D eigenvalue weighted by Gasteiger charge is -2.26. The summed E-state index contributed by atoms with van der Waals surface area (Å²) < 4.78 is 33.5. The zero-order valence-corrected chi connectivity index (χ0v) is 18.3. The molecule has 0 aliphatic carbocycles. The number of carbonyl (C=O) groups is 1. The molecule has 0 atom stereocenters. The van der Waals surface area contributed by atoms with Crippen LogP contribution in [0.5, 0.6) is 0 Å². The van der Waals surface area contributed by atoms with Gasteiger partial charge in [-0.1, -0.05) is 47.5 Å². The third-order valence-corrected chi connectivity index (χ3v) is 7.38. The number of aryl methyl sites for hydroxylation is 1. The van der Waals surface area contributed by atoms with Crippen molar-refractivity contribution in [1.82, 2.24) is 0 Å². The minimum Gasteiger partial charge on any atom is -0.457 e. The first-order chi connectivity index (χ1) is 14.3. The molecule has 0 spiro atoms. The van der Waals surface area contributed by atoms with Gasteiger partial charge in [0.15, 0.2) is 0 Å². The normalized spacial score (nSPS) is 13.1. The summed E-state index contributed by atoms with van der Waals surface area (Å²) in [5.74, 6) is -0.476. The number of rotatable bonds is 5. The molecule has 1 heterocycles. The fraction of sp³-hybridized carbons (Fsp3) is 0.136. The number of ether oxygens (including phenoxy) is 1. The first-order valence-corrected chi connectivity index (χ1v) is 11.3. The Morgan fingerprint density at radius 1 is 1.00 bits per heavy atom. The van der Waals surface area contributed by atoms with E-state index in [-0.39, 0.29) is 18.0 Å². The molecule has 0 bridgehead atoms. The molecular formula is C22H17Cl2NO4S. The molecule has 0 fully saturated rings. The van der Waals surface area contributed by atoms with Gasteiger partial charge in [0, 0.05) is 21.2 Å². The first kappa shape index (κ1) is 20.7. The van der Waals surface area contributed by atoms with Crippen molar-refractivity contribution in [3.05, 3.63) is 93.0 Å². The number of esters is 1. The number of benzene rings is 3. The van der Waals surface area contributed by atoms with Gasteiger partial charge in [-0.15, -0.1) is 0 Å². The van der Waals surface area contributed by atoms with Crippen molar-refractivity contribution < 1.29 is 17.9 Å². The summed E-state index contributed by atoms with van der Waals surface area (Å²) in [4.78, 5) is 12.2. The molecule has 0 saturated heterocycles. The van der Waals surface area contributed by atoms with E-state index in [0.29, 0.717) is 32.4 Å². The molecule has 1 aliphatic heterocycles. The first-order valence-electron chi connectivity index (χ1n) is 9.10. The number of anilines is 1. The van der Waals surface area contributed by atoms with Crippen molar-refractivity contribution in [1.29, 1.82) is 0 Å². The molecule has 0 N–H and O–H groups in total. The van der Waals surface area contributed by atoms with Crippen LogP contribution < -0.4 is 4.31 Å². The fourth-order valence-corrected chi connectivity index (χ4v) is 5.35. The zero-order valence-electron chi connectivity index (χ0n) is 15.9. The predicted octanol–water partition coefficient (Wildman–Crippen LogP) is 5.37. The number of fused-ring (bicyclic) bond motifs is 1. The highest BCUT2D eigenvalue weighted by Gasteiger charge is 2.29. The summed E-state index contributed by atoms with van der Waals surface area (Å²) in [6, 6.07) is 16.5. The largest absolute Gasteiger partial charge is 0.457 e. The average Bonchev–Trinajstić information content (AvgIpc) is 3.08. The molecule has 3 aromatic carbocycles. The highest BCUT2D eigenvalue weighted by atomic mass is 35.5. The van der Waals surface area contributed by atoms with Crippen molar-refractivity contribution in [2.45, 2.75) is 25.0 Å². The lowest BCUT2D eigenvalue weighted by molar-refractivity contribution is 0.0535. The minimum absolute atomic E-state index is 0.0946. The van der Waals surface area contributed by atoms with Crippen LogP contribution in [0.15, 0.2) is 65.6 Å².